The van der Waals surface area contributed by atoms with Crippen molar-refractivity contribution in [3.8, 4) is 17.6 Å². The monoisotopic (exact) mass is 359 g/mol. The maximum absolute atomic E-state index is 13.1. The highest BCUT2D eigenvalue weighted by Gasteiger charge is 2.07. The molecule has 3 rings (SSSR count). The molecular formula is C23H18FNO2. The highest BCUT2D eigenvalue weighted by atomic mass is 19.1. The number of halogens is 1. The molecule has 0 aromatic heterocycles. The average molecular weight is 359 g/mol. The van der Waals surface area contributed by atoms with Gasteiger partial charge in [0.1, 0.15) is 12.4 Å². The van der Waals surface area contributed by atoms with Crippen LogP contribution in [0.3, 0.4) is 0 Å². The maximum Gasteiger partial charge on any atom is 0.161 e. The summed E-state index contributed by atoms with van der Waals surface area (Å²) in [6.45, 7) is 0.436. The van der Waals surface area contributed by atoms with Crippen LogP contribution in [0, 0.1) is 17.1 Å². The number of hydrogen-bond donors (Lipinski definition) is 0. The third-order valence-electron chi connectivity index (χ3n) is 4.01. The molecule has 0 saturated carbocycles. The van der Waals surface area contributed by atoms with Crippen LogP contribution in [0.4, 0.5) is 4.39 Å². The molecule has 134 valence electrons. The van der Waals surface area contributed by atoms with E-state index in [-0.39, 0.29) is 5.82 Å². The van der Waals surface area contributed by atoms with Crippen molar-refractivity contribution in [3.63, 3.8) is 0 Å². The summed E-state index contributed by atoms with van der Waals surface area (Å²) in [5.74, 6) is 0.868. The van der Waals surface area contributed by atoms with Crippen molar-refractivity contribution in [2.24, 2.45) is 0 Å². The number of hydrogen-bond acceptors (Lipinski definition) is 3. The molecular weight excluding hydrogens is 341 g/mol. The van der Waals surface area contributed by atoms with Gasteiger partial charge in [-0.05, 0) is 47.0 Å². The topological polar surface area (TPSA) is 42.2 Å². The maximum atomic E-state index is 13.1. The summed E-state index contributed by atoms with van der Waals surface area (Å²) in [5.41, 5.74) is 2.95. The molecule has 27 heavy (non-hydrogen) atoms. The molecule has 3 nitrogen and oxygen atoms in total. The number of methoxy groups -OCH3 is 1. The minimum Gasteiger partial charge on any atom is -0.493 e. The highest BCUT2D eigenvalue weighted by Crippen LogP contribution is 2.30. The normalized spacial score (nSPS) is 10.9. The Labute approximate surface area is 157 Å². The van der Waals surface area contributed by atoms with E-state index in [1.807, 2.05) is 42.5 Å². The second kappa shape index (κ2) is 8.68. The van der Waals surface area contributed by atoms with E-state index in [1.165, 1.54) is 12.1 Å². The summed E-state index contributed by atoms with van der Waals surface area (Å²) in [4.78, 5) is 0. The second-order valence-electron chi connectivity index (χ2n) is 5.86. The van der Waals surface area contributed by atoms with E-state index in [0.29, 0.717) is 29.2 Å². The van der Waals surface area contributed by atoms with E-state index in [9.17, 15) is 9.65 Å². The van der Waals surface area contributed by atoms with E-state index in [0.717, 1.165) is 11.1 Å². The van der Waals surface area contributed by atoms with E-state index in [1.54, 1.807) is 31.4 Å². The summed E-state index contributed by atoms with van der Waals surface area (Å²) in [6, 6.07) is 23.3. The minimum absolute atomic E-state index is 0.336. The van der Waals surface area contributed by atoms with Gasteiger partial charge in [0.05, 0.1) is 18.8 Å². The Hall–Kier alpha value is -3.58. The van der Waals surface area contributed by atoms with Crippen LogP contribution < -0.4 is 9.47 Å². The largest absolute Gasteiger partial charge is 0.493 e. The molecule has 0 fully saturated rings. The first-order valence-electron chi connectivity index (χ1n) is 8.42. The third-order valence-corrected chi connectivity index (χ3v) is 4.01. The van der Waals surface area contributed by atoms with Crippen LogP contribution in [0.15, 0.2) is 72.8 Å². The Morgan fingerprint density at radius 2 is 1.74 bits per heavy atom. The van der Waals surface area contributed by atoms with Gasteiger partial charge >= 0.3 is 0 Å². The highest BCUT2D eigenvalue weighted by molar-refractivity contribution is 5.89. The minimum atomic E-state index is -0.336. The average Bonchev–Trinajstić information content (AvgIpc) is 2.72. The smallest absolute Gasteiger partial charge is 0.161 e. The lowest BCUT2D eigenvalue weighted by Gasteiger charge is -2.11. The zero-order valence-electron chi connectivity index (χ0n) is 14.9. The Balaban J connectivity index is 1.82. The predicted molar refractivity (Wildman–Crippen MR) is 104 cm³/mol. The van der Waals surface area contributed by atoms with Gasteiger partial charge in [0.25, 0.3) is 0 Å². The first-order valence-corrected chi connectivity index (χ1v) is 8.42. The molecule has 3 aromatic rings. The van der Waals surface area contributed by atoms with Gasteiger partial charge in [-0.3, -0.25) is 0 Å². The molecule has 0 aliphatic rings. The first kappa shape index (κ1) is 18.2. The molecule has 0 radical (unpaired) electrons. The van der Waals surface area contributed by atoms with Gasteiger partial charge in [0.15, 0.2) is 11.5 Å². The van der Waals surface area contributed by atoms with E-state index in [4.69, 9.17) is 9.47 Å². The molecule has 0 aliphatic carbocycles. The summed E-state index contributed by atoms with van der Waals surface area (Å²) in [5, 5.41) is 9.43. The van der Waals surface area contributed by atoms with E-state index >= 15 is 0 Å². The fraction of sp³-hybridized carbons (Fsp3) is 0.0870. The molecule has 0 spiro atoms. The standard InChI is InChI=1S/C23H18FNO2/c1-26-23-14-18(13-20(15-25)19-8-10-21(24)11-9-19)7-12-22(23)27-16-17-5-3-2-4-6-17/h2-14H,16H2,1H3/b20-13-. The lowest BCUT2D eigenvalue weighted by atomic mass is 10.0. The SMILES string of the molecule is COc1cc(/C=C(/C#N)c2ccc(F)cc2)ccc1OCc1ccccc1. The number of rotatable bonds is 6. The molecule has 0 amide bonds. The predicted octanol–water partition coefficient (Wildman–Crippen LogP) is 5.48. The third kappa shape index (κ3) is 4.74. The zero-order valence-corrected chi connectivity index (χ0v) is 14.9. The van der Waals surface area contributed by atoms with Crippen LogP contribution in [-0.2, 0) is 6.61 Å². The van der Waals surface area contributed by atoms with Gasteiger partial charge in [-0.25, -0.2) is 4.39 Å². The summed E-state index contributed by atoms with van der Waals surface area (Å²) in [6.07, 6.45) is 1.73. The molecule has 4 heteroatoms. The summed E-state index contributed by atoms with van der Waals surface area (Å²) < 4.78 is 24.4. The van der Waals surface area contributed by atoms with Gasteiger partial charge in [-0.2, -0.15) is 5.26 Å². The summed E-state index contributed by atoms with van der Waals surface area (Å²) >= 11 is 0. The van der Waals surface area contributed by atoms with Crippen LogP contribution in [0.2, 0.25) is 0 Å². The van der Waals surface area contributed by atoms with E-state index < -0.39 is 0 Å². The molecule has 0 bridgehead atoms. The lowest BCUT2D eigenvalue weighted by molar-refractivity contribution is 0.284. The van der Waals surface area contributed by atoms with Crippen molar-refractivity contribution >= 4 is 11.6 Å². The first-order chi connectivity index (χ1) is 13.2. The Kier molecular flexibility index (Phi) is 5.86. The van der Waals surface area contributed by atoms with Crippen LogP contribution in [0.5, 0.6) is 11.5 Å². The summed E-state index contributed by atoms with van der Waals surface area (Å²) in [7, 11) is 1.57. The van der Waals surface area contributed by atoms with Crippen LogP contribution >= 0.6 is 0 Å². The number of benzene rings is 3. The van der Waals surface area contributed by atoms with Gasteiger partial charge in [-0.15, -0.1) is 0 Å². The lowest BCUT2D eigenvalue weighted by Crippen LogP contribution is -1.97. The fourth-order valence-electron chi connectivity index (χ4n) is 2.60. The molecule has 0 N–H and O–H groups in total. The van der Waals surface area contributed by atoms with Gasteiger partial charge < -0.3 is 9.47 Å². The van der Waals surface area contributed by atoms with E-state index in [2.05, 4.69) is 6.07 Å². The zero-order chi connectivity index (χ0) is 19.1. The quantitative estimate of drug-likeness (QED) is 0.432. The molecule has 3 aromatic carbocycles. The number of nitriles is 1. The van der Waals surface area contributed by atoms with Crippen molar-refractivity contribution in [2.75, 3.05) is 7.11 Å². The molecule has 0 unspecified atom stereocenters. The van der Waals surface area contributed by atoms with Crippen molar-refractivity contribution in [1.82, 2.24) is 0 Å². The number of nitrogens with zero attached hydrogens (tertiary/aromatic N) is 1. The number of allylic oxidation sites excluding steroid dienone is 1. The Morgan fingerprint density at radius 3 is 2.41 bits per heavy atom. The van der Waals surface area contributed by atoms with Crippen molar-refractivity contribution in [3.05, 3.63) is 95.3 Å². The van der Waals surface area contributed by atoms with Crippen LogP contribution in [0.25, 0.3) is 11.6 Å². The van der Waals surface area contributed by atoms with Gasteiger partial charge in [0.2, 0.25) is 0 Å². The van der Waals surface area contributed by atoms with Crippen molar-refractivity contribution in [1.29, 1.82) is 5.26 Å². The number of ether oxygens (including phenoxy) is 2. The fourth-order valence-corrected chi connectivity index (χ4v) is 2.60. The molecule has 0 atom stereocenters. The van der Waals surface area contributed by atoms with Crippen LogP contribution in [0.1, 0.15) is 16.7 Å². The van der Waals surface area contributed by atoms with Gasteiger partial charge in [0, 0.05) is 0 Å². The molecule has 0 heterocycles. The van der Waals surface area contributed by atoms with Gasteiger partial charge in [-0.1, -0.05) is 48.5 Å². The molecule has 0 aliphatic heterocycles. The molecule has 0 saturated heterocycles. The van der Waals surface area contributed by atoms with Crippen LogP contribution in [-0.4, -0.2) is 7.11 Å². The second-order valence-corrected chi connectivity index (χ2v) is 5.86. The van der Waals surface area contributed by atoms with Crippen molar-refractivity contribution < 1.29 is 13.9 Å². The van der Waals surface area contributed by atoms with Crippen molar-refractivity contribution in [2.45, 2.75) is 6.61 Å². The Bertz CT molecular complexity index is 974. The Morgan fingerprint density at radius 1 is 1.00 bits per heavy atom.